The molecule has 0 saturated heterocycles. The highest BCUT2D eigenvalue weighted by Crippen LogP contribution is 2.22. The van der Waals surface area contributed by atoms with Crippen molar-refractivity contribution in [2.75, 3.05) is 33.7 Å². The molecule has 2 rings (SSSR count). The standard InChI is InChI=1S/C18H30N4OS/c1-22(2)17(23)14-21-18(19-11-10-16-9-6-12-24-16)20-13-15-7-4-3-5-8-15/h6,9,12,15H,3-5,7-8,10-11,13-14H2,1-2H3,(H2,19,20,21). The highest BCUT2D eigenvalue weighted by atomic mass is 32.1. The van der Waals surface area contributed by atoms with Crippen molar-refractivity contribution in [2.45, 2.75) is 38.5 Å². The minimum atomic E-state index is 0.0204. The zero-order valence-corrected chi connectivity index (χ0v) is 15.7. The molecule has 0 aliphatic heterocycles. The van der Waals surface area contributed by atoms with Gasteiger partial charge in [-0.1, -0.05) is 25.3 Å². The largest absolute Gasteiger partial charge is 0.356 e. The number of carbonyl (C=O) groups is 1. The van der Waals surface area contributed by atoms with E-state index in [4.69, 9.17) is 0 Å². The highest BCUT2D eigenvalue weighted by molar-refractivity contribution is 7.09. The van der Waals surface area contributed by atoms with Crippen LogP contribution in [0.4, 0.5) is 0 Å². The number of nitrogens with one attached hydrogen (secondary N) is 2. The number of guanidine groups is 1. The maximum Gasteiger partial charge on any atom is 0.243 e. The Morgan fingerprint density at radius 1 is 1.29 bits per heavy atom. The van der Waals surface area contributed by atoms with Crippen molar-refractivity contribution >= 4 is 23.2 Å². The van der Waals surface area contributed by atoms with E-state index >= 15 is 0 Å². The third-order valence-electron chi connectivity index (χ3n) is 4.40. The SMILES string of the molecule is CN(C)C(=O)CN=C(NCCc1cccs1)NCC1CCCCC1. The molecule has 6 heteroatoms. The van der Waals surface area contributed by atoms with Crippen LogP contribution in [0.1, 0.15) is 37.0 Å². The first-order valence-corrected chi connectivity index (χ1v) is 9.78. The Morgan fingerprint density at radius 3 is 2.75 bits per heavy atom. The average Bonchev–Trinajstić information content (AvgIpc) is 3.10. The van der Waals surface area contributed by atoms with Gasteiger partial charge in [-0.05, 0) is 36.6 Å². The van der Waals surface area contributed by atoms with Gasteiger partial charge in [0.1, 0.15) is 6.54 Å². The van der Waals surface area contributed by atoms with E-state index in [2.05, 4.69) is 33.1 Å². The Labute approximate surface area is 149 Å². The summed E-state index contributed by atoms with van der Waals surface area (Å²) in [6.45, 7) is 1.96. The summed E-state index contributed by atoms with van der Waals surface area (Å²) < 4.78 is 0. The van der Waals surface area contributed by atoms with Crippen LogP contribution in [0.25, 0.3) is 0 Å². The fourth-order valence-electron chi connectivity index (χ4n) is 2.85. The molecular weight excluding hydrogens is 320 g/mol. The number of hydrogen-bond acceptors (Lipinski definition) is 3. The summed E-state index contributed by atoms with van der Waals surface area (Å²) in [5.41, 5.74) is 0. The van der Waals surface area contributed by atoms with Crippen LogP contribution in [0.2, 0.25) is 0 Å². The van der Waals surface area contributed by atoms with Crippen molar-refractivity contribution in [3.8, 4) is 0 Å². The zero-order valence-electron chi connectivity index (χ0n) is 14.9. The number of amides is 1. The van der Waals surface area contributed by atoms with E-state index in [0.29, 0.717) is 0 Å². The maximum absolute atomic E-state index is 11.8. The number of nitrogens with zero attached hydrogens (tertiary/aromatic N) is 2. The van der Waals surface area contributed by atoms with Gasteiger partial charge in [0.25, 0.3) is 0 Å². The van der Waals surface area contributed by atoms with E-state index < -0.39 is 0 Å². The van der Waals surface area contributed by atoms with Gasteiger partial charge in [-0.25, -0.2) is 4.99 Å². The fourth-order valence-corrected chi connectivity index (χ4v) is 3.56. The molecule has 2 N–H and O–H groups in total. The van der Waals surface area contributed by atoms with Crippen LogP contribution < -0.4 is 10.6 Å². The van der Waals surface area contributed by atoms with E-state index in [1.54, 1.807) is 30.3 Å². The molecular formula is C18H30N4OS. The van der Waals surface area contributed by atoms with Crippen LogP contribution in [0, 0.1) is 5.92 Å². The van der Waals surface area contributed by atoms with Crippen LogP contribution >= 0.6 is 11.3 Å². The van der Waals surface area contributed by atoms with Gasteiger partial charge in [-0.2, -0.15) is 0 Å². The van der Waals surface area contributed by atoms with E-state index in [0.717, 1.165) is 31.4 Å². The lowest BCUT2D eigenvalue weighted by atomic mass is 9.89. The van der Waals surface area contributed by atoms with Crippen LogP contribution in [-0.2, 0) is 11.2 Å². The molecule has 0 unspecified atom stereocenters. The summed E-state index contributed by atoms with van der Waals surface area (Å²) >= 11 is 1.77. The Kier molecular flexibility index (Phi) is 8.08. The molecule has 1 aliphatic carbocycles. The lowest BCUT2D eigenvalue weighted by molar-refractivity contribution is -0.127. The second kappa shape index (κ2) is 10.3. The van der Waals surface area contributed by atoms with Gasteiger partial charge < -0.3 is 15.5 Å². The lowest BCUT2D eigenvalue weighted by Gasteiger charge is -2.23. The third-order valence-corrected chi connectivity index (χ3v) is 5.33. The number of thiophene rings is 1. The molecule has 1 amide bonds. The van der Waals surface area contributed by atoms with Gasteiger partial charge in [-0.15, -0.1) is 11.3 Å². The van der Waals surface area contributed by atoms with Gasteiger partial charge in [0.05, 0.1) is 0 Å². The molecule has 1 fully saturated rings. The normalized spacial score (nSPS) is 16.0. The van der Waals surface area contributed by atoms with Crippen molar-refractivity contribution in [1.82, 2.24) is 15.5 Å². The smallest absolute Gasteiger partial charge is 0.243 e. The Hall–Kier alpha value is -1.56. The van der Waals surface area contributed by atoms with Crippen LogP contribution in [-0.4, -0.2) is 50.5 Å². The van der Waals surface area contributed by atoms with Crippen LogP contribution in [0.5, 0.6) is 0 Å². The fraction of sp³-hybridized carbons (Fsp3) is 0.667. The van der Waals surface area contributed by atoms with Gasteiger partial charge in [-0.3, -0.25) is 4.79 Å². The number of aliphatic imine (C=N–C) groups is 1. The highest BCUT2D eigenvalue weighted by Gasteiger charge is 2.14. The second-order valence-corrected chi connectivity index (χ2v) is 7.63. The quantitative estimate of drug-likeness (QED) is 0.587. The van der Waals surface area contributed by atoms with Crippen molar-refractivity contribution in [3.05, 3.63) is 22.4 Å². The third kappa shape index (κ3) is 6.91. The molecule has 24 heavy (non-hydrogen) atoms. The first-order valence-electron chi connectivity index (χ1n) is 8.90. The Bertz CT molecular complexity index is 507. The zero-order chi connectivity index (χ0) is 17.2. The molecule has 1 heterocycles. The summed E-state index contributed by atoms with van der Waals surface area (Å²) in [6.07, 6.45) is 7.61. The number of hydrogen-bond donors (Lipinski definition) is 2. The molecule has 0 bridgehead atoms. The Morgan fingerprint density at radius 2 is 2.08 bits per heavy atom. The molecule has 0 spiro atoms. The summed E-state index contributed by atoms with van der Waals surface area (Å²) in [7, 11) is 3.52. The first-order chi connectivity index (χ1) is 11.6. The molecule has 1 aromatic heterocycles. The molecule has 0 atom stereocenters. The van der Waals surface area contributed by atoms with Crippen LogP contribution in [0.3, 0.4) is 0 Å². The summed E-state index contributed by atoms with van der Waals surface area (Å²) in [5, 5.41) is 8.90. The van der Waals surface area contributed by atoms with Gasteiger partial charge in [0.15, 0.2) is 5.96 Å². The molecule has 1 aliphatic rings. The molecule has 0 radical (unpaired) electrons. The lowest BCUT2D eigenvalue weighted by Crippen LogP contribution is -2.41. The number of likely N-dealkylation sites (N-methyl/N-ethyl adjacent to an activating group) is 1. The summed E-state index contributed by atoms with van der Waals surface area (Å²) in [4.78, 5) is 19.2. The first kappa shape index (κ1) is 18.8. The molecule has 1 aromatic rings. The summed E-state index contributed by atoms with van der Waals surface area (Å²) in [6, 6.07) is 4.22. The monoisotopic (exact) mass is 350 g/mol. The van der Waals surface area contributed by atoms with Crippen molar-refractivity contribution in [3.63, 3.8) is 0 Å². The predicted molar refractivity (Wildman–Crippen MR) is 102 cm³/mol. The molecule has 5 nitrogen and oxygen atoms in total. The average molecular weight is 351 g/mol. The maximum atomic E-state index is 11.8. The Balaban J connectivity index is 1.81. The number of carbonyl (C=O) groups excluding carboxylic acids is 1. The van der Waals surface area contributed by atoms with Crippen molar-refractivity contribution in [2.24, 2.45) is 10.9 Å². The van der Waals surface area contributed by atoms with E-state index in [1.807, 2.05) is 0 Å². The van der Waals surface area contributed by atoms with E-state index in [-0.39, 0.29) is 12.5 Å². The second-order valence-electron chi connectivity index (χ2n) is 6.59. The van der Waals surface area contributed by atoms with Gasteiger partial charge in [0, 0.05) is 32.1 Å². The molecule has 1 saturated carbocycles. The minimum absolute atomic E-state index is 0.0204. The topological polar surface area (TPSA) is 56.7 Å². The predicted octanol–water partition coefficient (Wildman–Crippen LogP) is 2.49. The molecule has 134 valence electrons. The van der Waals surface area contributed by atoms with Crippen molar-refractivity contribution in [1.29, 1.82) is 0 Å². The minimum Gasteiger partial charge on any atom is -0.356 e. The van der Waals surface area contributed by atoms with Gasteiger partial charge in [0.2, 0.25) is 5.91 Å². The van der Waals surface area contributed by atoms with Gasteiger partial charge >= 0.3 is 0 Å². The number of rotatable bonds is 7. The molecule has 0 aromatic carbocycles. The van der Waals surface area contributed by atoms with Crippen LogP contribution in [0.15, 0.2) is 22.5 Å². The summed E-state index contributed by atoms with van der Waals surface area (Å²) in [5.74, 6) is 1.51. The van der Waals surface area contributed by atoms with E-state index in [1.165, 1.54) is 37.0 Å². The van der Waals surface area contributed by atoms with Crippen molar-refractivity contribution < 1.29 is 4.79 Å². The van der Waals surface area contributed by atoms with E-state index in [9.17, 15) is 4.79 Å².